The Bertz CT molecular complexity index is 631. The SMILES string of the molecule is C=CCNC(=O)Cn1c(-c2ncccn2)noc1=O. The number of carbonyl (C=O) groups excluding carboxylic acids is 1. The standard InChI is InChI=1S/C11H11N5O3/c1-2-4-12-8(17)7-16-10(15-19-11(16)18)9-13-5-3-6-14-9/h2-3,5-6H,1,4,7H2,(H,12,17). The Morgan fingerprint density at radius 2 is 2.21 bits per heavy atom. The smallest absolute Gasteiger partial charge is 0.351 e. The van der Waals surface area contributed by atoms with Crippen LogP contribution >= 0.6 is 0 Å². The maximum absolute atomic E-state index is 11.6. The van der Waals surface area contributed by atoms with E-state index < -0.39 is 5.76 Å². The van der Waals surface area contributed by atoms with Crippen molar-refractivity contribution in [1.29, 1.82) is 0 Å². The molecule has 19 heavy (non-hydrogen) atoms. The molecule has 0 spiro atoms. The highest BCUT2D eigenvalue weighted by atomic mass is 16.5. The molecule has 0 bridgehead atoms. The third-order valence-corrected chi connectivity index (χ3v) is 2.20. The molecule has 0 aliphatic rings. The van der Waals surface area contributed by atoms with E-state index in [4.69, 9.17) is 0 Å². The van der Waals surface area contributed by atoms with Crippen LogP contribution in [0.3, 0.4) is 0 Å². The monoisotopic (exact) mass is 261 g/mol. The molecule has 0 radical (unpaired) electrons. The van der Waals surface area contributed by atoms with Crippen LogP contribution in [0.5, 0.6) is 0 Å². The van der Waals surface area contributed by atoms with Crippen LogP contribution in [0.4, 0.5) is 0 Å². The van der Waals surface area contributed by atoms with Crippen LogP contribution < -0.4 is 11.1 Å². The topological polar surface area (TPSA) is 103 Å². The van der Waals surface area contributed by atoms with Crippen molar-refractivity contribution in [3.8, 4) is 11.6 Å². The molecule has 0 unspecified atom stereocenters. The zero-order valence-electron chi connectivity index (χ0n) is 9.94. The second kappa shape index (κ2) is 5.71. The Morgan fingerprint density at radius 3 is 2.89 bits per heavy atom. The van der Waals surface area contributed by atoms with E-state index in [0.29, 0.717) is 6.54 Å². The van der Waals surface area contributed by atoms with Crippen molar-refractivity contribution in [1.82, 2.24) is 25.0 Å². The molecule has 0 fully saturated rings. The molecule has 2 aromatic rings. The Labute approximate surface area is 107 Å². The molecule has 8 heteroatoms. The van der Waals surface area contributed by atoms with Gasteiger partial charge in [0.15, 0.2) is 5.82 Å². The van der Waals surface area contributed by atoms with Gasteiger partial charge < -0.3 is 5.32 Å². The van der Waals surface area contributed by atoms with Gasteiger partial charge in [-0.2, -0.15) is 0 Å². The fourth-order valence-electron chi connectivity index (χ4n) is 1.37. The Hall–Kier alpha value is -2.77. The minimum atomic E-state index is -0.740. The quantitative estimate of drug-likeness (QED) is 0.734. The highest BCUT2D eigenvalue weighted by Gasteiger charge is 2.17. The molecule has 0 saturated heterocycles. The van der Waals surface area contributed by atoms with Crippen LogP contribution in [0.25, 0.3) is 11.6 Å². The number of rotatable bonds is 5. The molecule has 1 N–H and O–H groups in total. The number of carbonyl (C=O) groups is 1. The first-order valence-corrected chi connectivity index (χ1v) is 5.44. The summed E-state index contributed by atoms with van der Waals surface area (Å²) in [5.41, 5.74) is 0. The lowest BCUT2D eigenvalue weighted by Crippen LogP contribution is -2.31. The maximum Gasteiger partial charge on any atom is 0.442 e. The molecule has 8 nitrogen and oxygen atoms in total. The Kier molecular flexibility index (Phi) is 3.81. The highest BCUT2D eigenvalue weighted by Crippen LogP contribution is 2.08. The summed E-state index contributed by atoms with van der Waals surface area (Å²) in [5.74, 6) is -0.775. The summed E-state index contributed by atoms with van der Waals surface area (Å²) >= 11 is 0. The van der Waals surface area contributed by atoms with Crippen molar-refractivity contribution in [2.75, 3.05) is 6.54 Å². The van der Waals surface area contributed by atoms with Gasteiger partial charge >= 0.3 is 5.76 Å². The van der Waals surface area contributed by atoms with E-state index in [1.165, 1.54) is 18.5 Å². The first-order chi connectivity index (χ1) is 9.22. The lowest BCUT2D eigenvalue weighted by atomic mass is 10.4. The third kappa shape index (κ3) is 2.92. The minimum absolute atomic E-state index is 0.111. The van der Waals surface area contributed by atoms with E-state index in [-0.39, 0.29) is 24.1 Å². The van der Waals surface area contributed by atoms with Gasteiger partial charge in [-0.1, -0.05) is 11.2 Å². The largest absolute Gasteiger partial charge is 0.442 e. The fourth-order valence-corrected chi connectivity index (χ4v) is 1.37. The minimum Gasteiger partial charge on any atom is -0.351 e. The van der Waals surface area contributed by atoms with Crippen LogP contribution in [0.1, 0.15) is 0 Å². The van der Waals surface area contributed by atoms with Gasteiger partial charge in [-0.25, -0.2) is 19.3 Å². The highest BCUT2D eigenvalue weighted by molar-refractivity contribution is 5.76. The fraction of sp³-hybridized carbons (Fsp3) is 0.182. The van der Waals surface area contributed by atoms with Gasteiger partial charge in [0.05, 0.1) is 0 Å². The summed E-state index contributed by atoms with van der Waals surface area (Å²) in [5, 5.41) is 6.12. The number of nitrogens with zero attached hydrogens (tertiary/aromatic N) is 4. The summed E-state index contributed by atoms with van der Waals surface area (Å²) in [4.78, 5) is 31.0. The molecule has 0 atom stereocenters. The van der Waals surface area contributed by atoms with Crippen LogP contribution in [0.2, 0.25) is 0 Å². The predicted octanol–water partition coefficient (Wildman–Crippen LogP) is -0.405. The molecular weight excluding hydrogens is 250 g/mol. The lowest BCUT2D eigenvalue weighted by Gasteiger charge is -2.03. The predicted molar refractivity (Wildman–Crippen MR) is 65.0 cm³/mol. The normalized spacial score (nSPS) is 10.1. The van der Waals surface area contributed by atoms with E-state index in [9.17, 15) is 9.59 Å². The van der Waals surface area contributed by atoms with Crippen LogP contribution in [-0.2, 0) is 11.3 Å². The zero-order valence-corrected chi connectivity index (χ0v) is 9.94. The van der Waals surface area contributed by atoms with Crippen molar-refractivity contribution in [3.63, 3.8) is 0 Å². The van der Waals surface area contributed by atoms with Crippen molar-refractivity contribution >= 4 is 5.91 Å². The molecule has 2 rings (SSSR count). The van der Waals surface area contributed by atoms with E-state index in [1.54, 1.807) is 6.07 Å². The van der Waals surface area contributed by atoms with Gasteiger partial charge in [0.25, 0.3) is 0 Å². The Balaban J connectivity index is 2.26. The summed E-state index contributed by atoms with van der Waals surface area (Å²) in [6.45, 7) is 3.58. The van der Waals surface area contributed by atoms with Gasteiger partial charge in [0.2, 0.25) is 11.7 Å². The molecule has 98 valence electrons. The van der Waals surface area contributed by atoms with Gasteiger partial charge in [-0.05, 0) is 6.07 Å². The molecule has 0 aliphatic carbocycles. The first-order valence-electron chi connectivity index (χ1n) is 5.44. The Morgan fingerprint density at radius 1 is 1.47 bits per heavy atom. The van der Waals surface area contributed by atoms with E-state index >= 15 is 0 Å². The van der Waals surface area contributed by atoms with E-state index in [2.05, 4.69) is 31.5 Å². The van der Waals surface area contributed by atoms with Gasteiger partial charge in [0, 0.05) is 18.9 Å². The number of amides is 1. The second-order valence-electron chi connectivity index (χ2n) is 3.52. The molecule has 0 aliphatic heterocycles. The summed E-state index contributed by atoms with van der Waals surface area (Å²) in [7, 11) is 0. The van der Waals surface area contributed by atoms with E-state index in [1.807, 2.05) is 0 Å². The number of aromatic nitrogens is 4. The van der Waals surface area contributed by atoms with Crippen LogP contribution in [-0.4, -0.2) is 32.1 Å². The number of hydrogen-bond acceptors (Lipinski definition) is 6. The van der Waals surface area contributed by atoms with Crippen molar-refractivity contribution in [2.24, 2.45) is 0 Å². The van der Waals surface area contributed by atoms with Crippen molar-refractivity contribution in [2.45, 2.75) is 6.54 Å². The van der Waals surface area contributed by atoms with Gasteiger partial charge in [-0.3, -0.25) is 9.32 Å². The van der Waals surface area contributed by atoms with Gasteiger partial charge in [0.1, 0.15) is 6.54 Å². The van der Waals surface area contributed by atoms with Gasteiger partial charge in [-0.15, -0.1) is 6.58 Å². The summed E-state index contributed by atoms with van der Waals surface area (Å²) in [6.07, 6.45) is 4.54. The number of nitrogens with one attached hydrogen (secondary N) is 1. The van der Waals surface area contributed by atoms with Crippen LogP contribution in [0, 0.1) is 0 Å². The molecule has 2 aromatic heterocycles. The van der Waals surface area contributed by atoms with Crippen molar-refractivity contribution < 1.29 is 9.32 Å². The maximum atomic E-state index is 11.6. The molecule has 0 saturated carbocycles. The third-order valence-electron chi connectivity index (χ3n) is 2.20. The molecular formula is C11H11N5O3. The zero-order chi connectivity index (χ0) is 13.7. The van der Waals surface area contributed by atoms with Crippen LogP contribution in [0.15, 0.2) is 40.4 Å². The average molecular weight is 261 g/mol. The average Bonchev–Trinajstić information content (AvgIpc) is 2.79. The number of hydrogen-bond donors (Lipinski definition) is 1. The molecule has 1 amide bonds. The second-order valence-corrected chi connectivity index (χ2v) is 3.52. The summed E-state index contributed by atoms with van der Waals surface area (Å²) in [6, 6.07) is 1.63. The molecule has 2 heterocycles. The van der Waals surface area contributed by atoms with Crippen molar-refractivity contribution in [3.05, 3.63) is 41.7 Å². The molecule has 0 aromatic carbocycles. The lowest BCUT2D eigenvalue weighted by molar-refractivity contribution is -0.121. The first kappa shape index (κ1) is 12.7. The van der Waals surface area contributed by atoms with E-state index in [0.717, 1.165) is 4.57 Å². The summed E-state index contributed by atoms with van der Waals surface area (Å²) < 4.78 is 5.60.